The molecule has 0 spiro atoms. The van der Waals surface area contributed by atoms with Crippen molar-refractivity contribution in [2.24, 2.45) is 23.7 Å². The zero-order chi connectivity index (χ0) is 57.5. The second-order valence-corrected chi connectivity index (χ2v) is 31.9. The molecule has 0 heterocycles. The van der Waals surface area contributed by atoms with Gasteiger partial charge in [-0.25, -0.2) is 0 Å². The van der Waals surface area contributed by atoms with Crippen molar-refractivity contribution in [1.29, 1.82) is 0 Å². The Balaban J connectivity index is -0.000000189. The number of hydrogen-bond acceptors (Lipinski definition) is 12. The summed E-state index contributed by atoms with van der Waals surface area (Å²) in [5.41, 5.74) is 0. The van der Waals surface area contributed by atoms with Gasteiger partial charge in [-0.05, 0) is 49.4 Å². The van der Waals surface area contributed by atoms with Crippen molar-refractivity contribution < 1.29 is 38.9 Å². The third kappa shape index (κ3) is 95.2. The van der Waals surface area contributed by atoms with Crippen LogP contribution in [0.5, 0.6) is 0 Å². The fourth-order valence-electron chi connectivity index (χ4n) is 6.54. The van der Waals surface area contributed by atoms with Crippen molar-refractivity contribution >= 4 is 117 Å². The Morgan fingerprint density at radius 2 is 0.689 bits per heavy atom. The van der Waals surface area contributed by atoms with Crippen molar-refractivity contribution in [3.05, 3.63) is 0 Å². The van der Waals surface area contributed by atoms with E-state index in [0.717, 1.165) is 62.2 Å². The number of thiol groups is 4. The molecule has 0 aliphatic heterocycles. The Morgan fingerprint density at radius 1 is 0.419 bits per heavy atom. The zero-order valence-corrected chi connectivity index (χ0v) is 59.7. The van der Waals surface area contributed by atoms with Gasteiger partial charge >= 0.3 is 151 Å². The van der Waals surface area contributed by atoms with Crippen molar-refractivity contribution in [3.8, 4) is 0 Å². The molecule has 0 N–H and O–H groups in total. The first kappa shape index (κ1) is 86.1. The molecule has 0 aromatic rings. The number of esters is 2. The monoisotopic (exact) mass is 1340 g/mol. The minimum atomic E-state index is -1.05. The van der Waals surface area contributed by atoms with Gasteiger partial charge in [0.2, 0.25) is 0 Å². The summed E-state index contributed by atoms with van der Waals surface area (Å²) in [6, 6.07) is 0. The van der Waals surface area contributed by atoms with Crippen LogP contribution in [0.3, 0.4) is 0 Å². The molecule has 0 amide bonds. The maximum atomic E-state index is 11.0. The first-order valence-corrected chi connectivity index (χ1v) is 40.3. The number of carbonyl (C=O) groups is 4. The average Bonchev–Trinajstić information content (AvgIpc) is 3.33. The second kappa shape index (κ2) is 73.9. The molecule has 0 bridgehead atoms. The van der Waals surface area contributed by atoms with Gasteiger partial charge in [0.15, 0.2) is 0 Å². The topological polar surface area (TPSA) is 133 Å². The summed E-state index contributed by atoms with van der Waals surface area (Å²) in [5.74, 6) is 1.91. The van der Waals surface area contributed by atoms with Crippen molar-refractivity contribution in [2.75, 3.05) is 24.7 Å². The summed E-state index contributed by atoms with van der Waals surface area (Å²) >= 11 is 16.0. The number of carbonyl (C=O) groups excluding carboxylic acids is 4. The SMILES string of the molecule is CC(C)CCCCCC(S)C(=O)[O-].CC(C)CCCCCC(S)C(=O)[O-].CC(C)CCCCCCOC(=O)CCS.CC(C)CCCCCCOC(=O)CCS.CCC[CH2][Sn+2][CH2]CCC.CCC[CH2][Sn][CH2]CCC. The third-order valence-electron chi connectivity index (χ3n) is 11.4. The van der Waals surface area contributed by atoms with Gasteiger partial charge in [0.1, 0.15) is 0 Å². The van der Waals surface area contributed by atoms with Gasteiger partial charge in [-0.2, -0.15) is 50.5 Å². The summed E-state index contributed by atoms with van der Waals surface area (Å²) in [5, 5.41) is 19.4. The number of carboxylic acids is 2. The van der Waals surface area contributed by atoms with Gasteiger partial charge in [-0.1, -0.05) is 158 Å². The van der Waals surface area contributed by atoms with E-state index in [1.165, 1.54) is 128 Å². The van der Waals surface area contributed by atoms with Crippen LogP contribution in [0.15, 0.2) is 0 Å². The fourth-order valence-corrected chi connectivity index (χ4v) is 15.6. The van der Waals surface area contributed by atoms with Crippen molar-refractivity contribution in [1.82, 2.24) is 0 Å². The summed E-state index contributed by atoms with van der Waals surface area (Å²) < 4.78 is 16.5. The predicted octanol–water partition coefficient (Wildman–Crippen LogP) is 16.4. The summed E-state index contributed by atoms with van der Waals surface area (Å²) in [6.45, 7) is 28.1. The molecule has 0 aromatic heterocycles. The van der Waals surface area contributed by atoms with Crippen LogP contribution in [0.4, 0.5) is 0 Å². The molecular weight excluding hydrogens is 1210 g/mol. The van der Waals surface area contributed by atoms with Gasteiger partial charge in [0.05, 0.1) is 38.0 Å². The van der Waals surface area contributed by atoms with E-state index in [1.807, 2.05) is 0 Å². The first-order chi connectivity index (χ1) is 35.2. The molecule has 74 heavy (non-hydrogen) atoms. The van der Waals surface area contributed by atoms with E-state index >= 15 is 0 Å². The van der Waals surface area contributed by atoms with Crippen LogP contribution in [-0.2, 0) is 28.7 Å². The predicted molar refractivity (Wildman–Crippen MR) is 336 cm³/mol. The molecule has 0 fully saturated rings. The van der Waals surface area contributed by atoms with Crippen LogP contribution in [0, 0.1) is 23.7 Å². The molecule has 0 aromatic carbocycles. The average molecular weight is 1340 g/mol. The third-order valence-corrected chi connectivity index (χ3v) is 20.9. The number of unbranched alkanes of at least 4 members (excludes halogenated alkanes) is 14. The fraction of sp³-hybridized carbons (Fsp3) is 0.933. The van der Waals surface area contributed by atoms with Gasteiger partial charge < -0.3 is 29.3 Å². The van der Waals surface area contributed by atoms with Gasteiger partial charge in [-0.3, -0.25) is 9.59 Å². The molecule has 0 saturated carbocycles. The number of hydrogen-bond donors (Lipinski definition) is 4. The maximum absolute atomic E-state index is 11.0. The summed E-state index contributed by atoms with van der Waals surface area (Å²) in [6.07, 6.45) is 34.7. The van der Waals surface area contributed by atoms with Gasteiger partial charge in [-0.15, -0.1) is 0 Å². The Kier molecular flexibility index (Phi) is 86.0. The zero-order valence-electron chi connectivity index (χ0n) is 50.4. The van der Waals surface area contributed by atoms with E-state index in [9.17, 15) is 29.4 Å². The number of rotatable bonds is 44. The van der Waals surface area contributed by atoms with E-state index in [1.54, 1.807) is 17.7 Å². The van der Waals surface area contributed by atoms with Crippen molar-refractivity contribution in [3.63, 3.8) is 0 Å². The van der Waals surface area contributed by atoms with E-state index in [0.29, 0.717) is 50.4 Å². The number of aliphatic carboxylic acids is 2. The van der Waals surface area contributed by atoms with Crippen LogP contribution >= 0.6 is 50.5 Å². The Bertz CT molecular complexity index is 1020. The Labute approximate surface area is 503 Å². The van der Waals surface area contributed by atoms with E-state index < -0.39 is 22.4 Å². The van der Waals surface area contributed by atoms with E-state index in [2.05, 4.69) is 134 Å². The Morgan fingerprint density at radius 3 is 0.946 bits per heavy atom. The minimum absolute atomic E-state index is 0.118. The molecule has 2 atom stereocenters. The summed E-state index contributed by atoms with van der Waals surface area (Å²) in [4.78, 5) is 42.5. The van der Waals surface area contributed by atoms with Crippen LogP contribution in [-0.4, -0.2) is 101 Å². The molecule has 0 saturated heterocycles. The van der Waals surface area contributed by atoms with E-state index in [4.69, 9.17) is 9.47 Å². The quantitative estimate of drug-likeness (QED) is 0.0205. The van der Waals surface area contributed by atoms with Crippen LogP contribution in [0.1, 0.15) is 276 Å². The second-order valence-electron chi connectivity index (χ2n) is 21.2. The molecule has 442 valence electrons. The molecule has 0 rings (SSSR count). The Hall–Kier alpha value is 0.877. The van der Waals surface area contributed by atoms with Crippen LogP contribution in [0.2, 0.25) is 17.7 Å². The summed E-state index contributed by atoms with van der Waals surface area (Å²) in [7, 11) is 0. The molecule has 0 aliphatic rings. The molecule has 2 unspecified atom stereocenters. The van der Waals surface area contributed by atoms with Gasteiger partial charge in [0.25, 0.3) is 0 Å². The number of ether oxygens (including phenoxy) is 2. The van der Waals surface area contributed by atoms with Crippen molar-refractivity contribution in [2.45, 2.75) is 304 Å². The normalized spacial score (nSPS) is 11.3. The molecule has 14 heteroatoms. The van der Waals surface area contributed by atoms with E-state index in [-0.39, 0.29) is 54.2 Å². The van der Waals surface area contributed by atoms with Gasteiger partial charge in [0, 0.05) is 22.0 Å². The number of carboxylic acid groups (broad SMARTS) is 2. The van der Waals surface area contributed by atoms with Crippen LogP contribution < -0.4 is 10.2 Å². The molecular formula is C60H122O8S4Sn2. The standard InChI is InChI=1S/2C12H24O2S.2C10H20O2S.4C4H9.2Sn/c2*1-11(2)7-5-3-4-6-9-14-12(13)8-10-15;2*1-8(2)6-4-3-5-7-9(13)10(11)12;4*1-3-4-2;;/h2*11,15H,3-10H2,1-2H3;2*8-9,13H,3-7H2,1-2H3,(H,11,12);4*1,3-4H2,2H3;;/q;;;;;;;;;+2/p-2. The van der Waals surface area contributed by atoms with Crippen LogP contribution in [0.25, 0.3) is 0 Å². The molecule has 0 aliphatic carbocycles. The first-order valence-electron chi connectivity index (χ1n) is 30.0. The molecule has 2 radical (unpaired) electrons. The molecule has 8 nitrogen and oxygen atoms in total.